The molecule has 0 heterocycles. The lowest BCUT2D eigenvalue weighted by Crippen LogP contribution is -2.05. The number of aryl methyl sites for hydroxylation is 1. The van der Waals surface area contributed by atoms with Crippen molar-refractivity contribution in [3.05, 3.63) is 102 Å². The van der Waals surface area contributed by atoms with Crippen LogP contribution in [0.15, 0.2) is 90.4 Å². The van der Waals surface area contributed by atoms with Gasteiger partial charge in [0.05, 0.1) is 0 Å². The van der Waals surface area contributed by atoms with Gasteiger partial charge in [-0.25, -0.2) is 8.78 Å². The summed E-state index contributed by atoms with van der Waals surface area (Å²) in [7, 11) is 0. The van der Waals surface area contributed by atoms with Crippen molar-refractivity contribution < 1.29 is 8.78 Å². The zero-order chi connectivity index (χ0) is 21.1. The molecule has 0 fully saturated rings. The van der Waals surface area contributed by atoms with E-state index < -0.39 is 0 Å². The van der Waals surface area contributed by atoms with Crippen molar-refractivity contribution in [2.45, 2.75) is 20.3 Å². The Bertz CT molecular complexity index is 1100. The average Bonchev–Trinajstić information content (AvgIpc) is 2.75. The third-order valence-corrected chi connectivity index (χ3v) is 5.31. The summed E-state index contributed by atoms with van der Waals surface area (Å²) in [5.74, 6) is -0.346. The molecule has 152 valence electrons. The first-order valence-electron chi connectivity index (χ1n) is 10.1. The number of hydrogen-bond acceptors (Lipinski definition) is 2. The Morgan fingerprint density at radius 1 is 0.767 bits per heavy atom. The van der Waals surface area contributed by atoms with Gasteiger partial charge in [0.2, 0.25) is 0 Å². The molecule has 30 heavy (non-hydrogen) atoms. The van der Waals surface area contributed by atoms with Crippen molar-refractivity contribution in [3.63, 3.8) is 0 Å². The van der Waals surface area contributed by atoms with Crippen LogP contribution in [0.3, 0.4) is 0 Å². The zero-order valence-corrected chi connectivity index (χ0v) is 17.0. The number of allylic oxidation sites excluding steroid dienone is 3. The number of halogens is 2. The highest BCUT2D eigenvalue weighted by Crippen LogP contribution is 2.28. The molecule has 0 amide bonds. The number of hydrogen-bond donors (Lipinski definition) is 2. The van der Waals surface area contributed by atoms with Crippen LogP contribution in [0.25, 0.3) is 11.1 Å². The molecule has 4 rings (SSSR count). The Hall–Kier alpha value is -3.40. The van der Waals surface area contributed by atoms with Crippen LogP contribution in [0.2, 0.25) is 0 Å². The predicted molar refractivity (Wildman–Crippen MR) is 121 cm³/mol. The van der Waals surface area contributed by atoms with Crippen LogP contribution in [0.4, 0.5) is 25.8 Å². The van der Waals surface area contributed by atoms with Crippen LogP contribution in [-0.4, -0.2) is 0 Å². The minimum Gasteiger partial charge on any atom is -0.356 e. The van der Waals surface area contributed by atoms with Crippen LogP contribution in [-0.2, 0) is 0 Å². The molecule has 0 radical (unpaired) electrons. The standard InChI is InChI=1S/C26H24F2N2/c1-17-3-9-23(15-25(17)27)29-21-11-5-19(6-12-21)20-7-13-22(14-8-20)30-24-10-4-18(2)26(28)16-24/h3,5-16,18,29-30H,4H2,1-2H3. The molecule has 1 aliphatic rings. The summed E-state index contributed by atoms with van der Waals surface area (Å²) >= 11 is 0. The van der Waals surface area contributed by atoms with Crippen LogP contribution in [0.5, 0.6) is 0 Å². The van der Waals surface area contributed by atoms with E-state index in [2.05, 4.69) is 10.6 Å². The van der Waals surface area contributed by atoms with Crippen molar-refractivity contribution in [2.24, 2.45) is 5.92 Å². The van der Waals surface area contributed by atoms with Crippen LogP contribution in [0, 0.1) is 18.7 Å². The molecule has 0 saturated heterocycles. The van der Waals surface area contributed by atoms with Gasteiger partial charge < -0.3 is 10.6 Å². The van der Waals surface area contributed by atoms with Gasteiger partial charge >= 0.3 is 0 Å². The summed E-state index contributed by atoms with van der Waals surface area (Å²) < 4.78 is 27.5. The van der Waals surface area contributed by atoms with Crippen molar-refractivity contribution in [1.29, 1.82) is 0 Å². The number of anilines is 3. The molecule has 0 spiro atoms. The van der Waals surface area contributed by atoms with E-state index in [4.69, 9.17) is 0 Å². The fourth-order valence-corrected chi connectivity index (χ4v) is 3.35. The Morgan fingerprint density at radius 3 is 1.90 bits per heavy atom. The lowest BCUT2D eigenvalue weighted by atomic mass is 10.00. The van der Waals surface area contributed by atoms with Gasteiger partial charge in [0.1, 0.15) is 11.6 Å². The van der Waals surface area contributed by atoms with Gasteiger partial charge in [-0.2, -0.15) is 0 Å². The lowest BCUT2D eigenvalue weighted by molar-refractivity contribution is 0.489. The summed E-state index contributed by atoms with van der Waals surface area (Å²) in [6, 6.07) is 21.2. The van der Waals surface area contributed by atoms with Crippen molar-refractivity contribution in [2.75, 3.05) is 10.6 Å². The Kier molecular flexibility index (Phi) is 5.66. The zero-order valence-electron chi connectivity index (χ0n) is 17.0. The molecule has 2 nitrogen and oxygen atoms in total. The predicted octanol–water partition coefficient (Wildman–Crippen LogP) is 7.73. The van der Waals surface area contributed by atoms with Gasteiger partial charge in [0.25, 0.3) is 0 Å². The van der Waals surface area contributed by atoms with Crippen LogP contribution < -0.4 is 10.6 Å². The largest absolute Gasteiger partial charge is 0.356 e. The normalized spacial score (nSPS) is 15.9. The van der Waals surface area contributed by atoms with E-state index in [0.717, 1.165) is 33.9 Å². The maximum absolute atomic E-state index is 13.8. The molecule has 0 saturated carbocycles. The molecule has 1 atom stereocenters. The van der Waals surface area contributed by atoms with Crippen molar-refractivity contribution in [1.82, 2.24) is 0 Å². The molecule has 4 heteroatoms. The molecular formula is C26H24F2N2. The number of nitrogens with one attached hydrogen (secondary N) is 2. The second kappa shape index (κ2) is 8.54. The average molecular weight is 402 g/mol. The highest BCUT2D eigenvalue weighted by atomic mass is 19.1. The maximum Gasteiger partial charge on any atom is 0.128 e. The first-order chi connectivity index (χ1) is 14.5. The van der Waals surface area contributed by atoms with Gasteiger partial charge in [-0.05, 0) is 72.5 Å². The second-order valence-electron chi connectivity index (χ2n) is 7.69. The highest BCUT2D eigenvalue weighted by molar-refractivity contribution is 5.70. The molecular weight excluding hydrogens is 378 g/mol. The first-order valence-corrected chi connectivity index (χ1v) is 10.1. The molecule has 0 bridgehead atoms. The fourth-order valence-electron chi connectivity index (χ4n) is 3.35. The van der Waals surface area contributed by atoms with Gasteiger partial charge in [-0.1, -0.05) is 43.3 Å². The van der Waals surface area contributed by atoms with Gasteiger partial charge in [-0.3, -0.25) is 0 Å². The molecule has 0 aliphatic heterocycles. The summed E-state index contributed by atoms with van der Waals surface area (Å²) in [5, 5.41) is 6.48. The van der Waals surface area contributed by atoms with Crippen LogP contribution >= 0.6 is 0 Å². The molecule has 1 unspecified atom stereocenters. The third-order valence-electron chi connectivity index (χ3n) is 5.31. The lowest BCUT2D eigenvalue weighted by Gasteiger charge is -2.16. The number of benzene rings is 3. The summed E-state index contributed by atoms with van der Waals surface area (Å²) in [4.78, 5) is 0. The number of rotatable bonds is 5. The summed E-state index contributed by atoms with van der Waals surface area (Å²) in [5.41, 5.74) is 6.12. The molecule has 3 aromatic carbocycles. The van der Waals surface area contributed by atoms with E-state index >= 15 is 0 Å². The van der Waals surface area contributed by atoms with Crippen molar-refractivity contribution in [3.8, 4) is 11.1 Å². The van der Waals surface area contributed by atoms with E-state index in [0.29, 0.717) is 12.0 Å². The highest BCUT2D eigenvalue weighted by Gasteiger charge is 2.13. The molecule has 1 aliphatic carbocycles. The Balaban J connectivity index is 1.42. The van der Waals surface area contributed by atoms with Gasteiger partial charge in [0.15, 0.2) is 0 Å². The third kappa shape index (κ3) is 4.60. The fraction of sp³-hybridized carbons (Fsp3) is 0.154. The quantitative estimate of drug-likeness (QED) is 0.456. The molecule has 2 N–H and O–H groups in total. The topological polar surface area (TPSA) is 24.1 Å². The van der Waals surface area contributed by atoms with Gasteiger partial charge in [0, 0.05) is 28.7 Å². The first kappa shape index (κ1) is 19.9. The van der Waals surface area contributed by atoms with E-state index in [1.54, 1.807) is 19.1 Å². The van der Waals surface area contributed by atoms with E-state index in [9.17, 15) is 8.78 Å². The smallest absolute Gasteiger partial charge is 0.128 e. The van der Waals surface area contributed by atoms with E-state index in [1.165, 1.54) is 6.07 Å². The summed E-state index contributed by atoms with van der Waals surface area (Å²) in [6.45, 7) is 3.63. The summed E-state index contributed by atoms with van der Waals surface area (Å²) in [6.07, 6.45) is 4.29. The monoisotopic (exact) mass is 402 g/mol. The maximum atomic E-state index is 13.8. The minimum absolute atomic E-state index is 0.0413. The van der Waals surface area contributed by atoms with E-state index in [1.807, 2.05) is 67.6 Å². The minimum atomic E-state index is -0.220. The van der Waals surface area contributed by atoms with Gasteiger partial charge in [-0.15, -0.1) is 0 Å². The Labute approximate surface area is 176 Å². The Morgan fingerprint density at radius 2 is 1.33 bits per heavy atom. The van der Waals surface area contributed by atoms with Crippen molar-refractivity contribution >= 4 is 17.1 Å². The second-order valence-corrected chi connectivity index (χ2v) is 7.69. The SMILES string of the molecule is Cc1ccc(Nc2ccc(-c3ccc(NC4=CCC(C)C(F)=C4)cc3)cc2)cc1F. The van der Waals surface area contributed by atoms with Crippen LogP contribution in [0.1, 0.15) is 18.9 Å². The molecule has 0 aromatic heterocycles. The van der Waals surface area contributed by atoms with E-state index in [-0.39, 0.29) is 17.6 Å². The molecule has 3 aromatic rings.